The number of nitrogens with two attached hydrogens (primary N) is 1. The molecule has 3 nitrogen and oxygen atoms in total. The molecule has 2 N–H and O–H groups in total. The van der Waals surface area contributed by atoms with Gasteiger partial charge in [0.2, 0.25) is 5.95 Å². The Labute approximate surface area is 134 Å². The third-order valence-corrected chi connectivity index (χ3v) is 4.46. The van der Waals surface area contributed by atoms with Crippen LogP contribution >= 0.6 is 11.3 Å². The summed E-state index contributed by atoms with van der Waals surface area (Å²) in [5.74, 6) is 0.306. The van der Waals surface area contributed by atoms with Crippen molar-refractivity contribution in [3.63, 3.8) is 0 Å². The molecule has 22 heavy (non-hydrogen) atoms. The van der Waals surface area contributed by atoms with Crippen molar-refractivity contribution in [2.45, 2.75) is 26.2 Å². The van der Waals surface area contributed by atoms with Gasteiger partial charge in [-0.3, -0.25) is 0 Å². The van der Waals surface area contributed by atoms with E-state index in [1.807, 2.05) is 23.6 Å². The smallest absolute Gasteiger partial charge is 0.221 e. The van der Waals surface area contributed by atoms with Crippen LogP contribution in [0.1, 0.15) is 26.3 Å². The highest BCUT2D eigenvalue weighted by Crippen LogP contribution is 2.29. The highest BCUT2D eigenvalue weighted by Gasteiger charge is 2.14. The number of hydrogen-bond donors (Lipinski definition) is 1. The van der Waals surface area contributed by atoms with Crippen molar-refractivity contribution in [3.8, 4) is 21.8 Å². The van der Waals surface area contributed by atoms with Crippen LogP contribution in [-0.4, -0.2) is 9.97 Å². The van der Waals surface area contributed by atoms with E-state index in [9.17, 15) is 0 Å². The number of rotatable bonds is 2. The normalized spacial score (nSPS) is 11.6. The monoisotopic (exact) mass is 309 g/mol. The maximum Gasteiger partial charge on any atom is 0.221 e. The molecule has 2 aromatic heterocycles. The molecule has 0 amide bonds. The average Bonchev–Trinajstić information content (AvgIpc) is 3.00. The van der Waals surface area contributed by atoms with Gasteiger partial charge in [0.1, 0.15) is 0 Å². The summed E-state index contributed by atoms with van der Waals surface area (Å²) in [4.78, 5) is 9.81. The van der Waals surface area contributed by atoms with E-state index in [2.05, 4.69) is 55.0 Å². The first kappa shape index (κ1) is 14.7. The molecule has 0 aliphatic carbocycles. The molecule has 0 atom stereocenters. The van der Waals surface area contributed by atoms with Gasteiger partial charge in [-0.15, -0.1) is 11.3 Å². The Balaban J connectivity index is 2.01. The minimum atomic E-state index is 0.144. The first-order chi connectivity index (χ1) is 10.4. The van der Waals surface area contributed by atoms with Crippen LogP contribution in [0.3, 0.4) is 0 Å². The molecule has 0 saturated heterocycles. The highest BCUT2D eigenvalue weighted by atomic mass is 32.1. The third-order valence-electron chi connectivity index (χ3n) is 3.56. The summed E-state index contributed by atoms with van der Waals surface area (Å²) in [6.07, 6.45) is 0. The molecule has 0 fully saturated rings. The lowest BCUT2D eigenvalue weighted by Crippen LogP contribution is -2.10. The second-order valence-corrected chi connectivity index (χ2v) is 7.25. The van der Waals surface area contributed by atoms with Crippen LogP contribution in [0.2, 0.25) is 0 Å². The Morgan fingerprint density at radius 1 is 0.955 bits per heavy atom. The summed E-state index contributed by atoms with van der Waals surface area (Å²) in [5, 5.41) is 2.03. The summed E-state index contributed by atoms with van der Waals surface area (Å²) >= 11 is 1.65. The number of benzene rings is 1. The van der Waals surface area contributed by atoms with Crippen LogP contribution in [0, 0.1) is 0 Å². The third kappa shape index (κ3) is 3.02. The van der Waals surface area contributed by atoms with E-state index in [-0.39, 0.29) is 5.41 Å². The van der Waals surface area contributed by atoms with E-state index >= 15 is 0 Å². The summed E-state index contributed by atoms with van der Waals surface area (Å²) in [7, 11) is 0. The number of nitrogens with zero attached hydrogens (tertiary/aromatic N) is 2. The second kappa shape index (κ2) is 5.54. The van der Waals surface area contributed by atoms with Crippen LogP contribution in [0.4, 0.5) is 5.95 Å². The molecule has 0 aliphatic rings. The molecule has 0 unspecified atom stereocenters. The lowest BCUT2D eigenvalue weighted by atomic mass is 9.86. The molecule has 1 aromatic carbocycles. The zero-order valence-corrected chi connectivity index (χ0v) is 13.8. The molecule has 3 aromatic rings. The fraction of sp³-hybridized carbons (Fsp3) is 0.222. The largest absolute Gasteiger partial charge is 0.368 e. The molecule has 112 valence electrons. The van der Waals surface area contributed by atoms with Gasteiger partial charge in [-0.1, -0.05) is 51.1 Å². The molecule has 3 rings (SSSR count). The highest BCUT2D eigenvalue weighted by molar-refractivity contribution is 7.13. The number of thiophene rings is 1. The van der Waals surface area contributed by atoms with Crippen molar-refractivity contribution in [1.82, 2.24) is 9.97 Å². The number of hydrogen-bond acceptors (Lipinski definition) is 4. The fourth-order valence-electron chi connectivity index (χ4n) is 2.31. The Bertz CT molecular complexity index is 769. The standard InChI is InChI=1S/C18H19N3S/c1-18(2,3)13-8-6-12(7-9-13)14-11-15(21-17(19)20-14)16-5-4-10-22-16/h4-11H,1-3H3,(H2,19,20,21). The maximum absolute atomic E-state index is 5.88. The van der Waals surface area contributed by atoms with Gasteiger partial charge in [0.05, 0.1) is 16.3 Å². The van der Waals surface area contributed by atoms with Crippen LogP contribution in [0.15, 0.2) is 47.8 Å². The topological polar surface area (TPSA) is 51.8 Å². The van der Waals surface area contributed by atoms with Crippen LogP contribution in [0.25, 0.3) is 21.8 Å². The minimum absolute atomic E-state index is 0.144. The summed E-state index contributed by atoms with van der Waals surface area (Å²) in [6.45, 7) is 6.62. The molecule has 0 saturated carbocycles. The molecular weight excluding hydrogens is 290 g/mol. The van der Waals surface area contributed by atoms with Gasteiger partial charge in [-0.25, -0.2) is 9.97 Å². The van der Waals surface area contributed by atoms with Crippen LogP contribution in [0.5, 0.6) is 0 Å². The maximum atomic E-state index is 5.88. The van der Waals surface area contributed by atoms with E-state index in [4.69, 9.17) is 5.73 Å². The van der Waals surface area contributed by atoms with E-state index in [0.29, 0.717) is 5.95 Å². The predicted octanol–water partition coefficient (Wildman–Crippen LogP) is 4.75. The van der Waals surface area contributed by atoms with Gasteiger partial charge in [0.25, 0.3) is 0 Å². The molecule has 0 spiro atoms. The van der Waals surface area contributed by atoms with Crippen molar-refractivity contribution >= 4 is 17.3 Å². The SMILES string of the molecule is CC(C)(C)c1ccc(-c2cc(-c3cccs3)nc(N)n2)cc1. The Kier molecular flexibility index (Phi) is 3.71. The zero-order chi connectivity index (χ0) is 15.7. The Morgan fingerprint density at radius 3 is 2.23 bits per heavy atom. The van der Waals surface area contributed by atoms with E-state index < -0.39 is 0 Å². The first-order valence-corrected chi connectivity index (χ1v) is 8.11. The van der Waals surface area contributed by atoms with E-state index in [1.54, 1.807) is 11.3 Å². The average molecular weight is 309 g/mol. The number of nitrogen functional groups attached to an aromatic ring is 1. The summed E-state index contributed by atoms with van der Waals surface area (Å²) in [6, 6.07) is 14.5. The first-order valence-electron chi connectivity index (χ1n) is 7.23. The van der Waals surface area contributed by atoms with Gasteiger partial charge in [-0.05, 0) is 28.5 Å². The molecule has 0 bridgehead atoms. The van der Waals surface area contributed by atoms with Crippen molar-refractivity contribution in [3.05, 3.63) is 53.4 Å². The quantitative estimate of drug-likeness (QED) is 0.743. The summed E-state index contributed by atoms with van der Waals surface area (Å²) in [5.41, 5.74) is 10.1. The molecular formula is C18H19N3S. The minimum Gasteiger partial charge on any atom is -0.368 e. The fourth-order valence-corrected chi connectivity index (χ4v) is 2.99. The van der Waals surface area contributed by atoms with Crippen molar-refractivity contribution in [2.24, 2.45) is 0 Å². The Morgan fingerprint density at radius 2 is 1.64 bits per heavy atom. The van der Waals surface area contributed by atoms with Gasteiger partial charge in [-0.2, -0.15) is 0 Å². The Hall–Kier alpha value is -2.20. The van der Waals surface area contributed by atoms with Crippen LogP contribution < -0.4 is 5.73 Å². The van der Waals surface area contributed by atoms with Crippen LogP contribution in [-0.2, 0) is 5.41 Å². The predicted molar refractivity (Wildman–Crippen MR) is 93.9 cm³/mol. The summed E-state index contributed by atoms with van der Waals surface area (Å²) < 4.78 is 0. The molecule has 0 radical (unpaired) electrons. The van der Waals surface area contributed by atoms with Crippen molar-refractivity contribution < 1.29 is 0 Å². The van der Waals surface area contributed by atoms with Gasteiger partial charge < -0.3 is 5.73 Å². The molecule has 0 aliphatic heterocycles. The van der Waals surface area contributed by atoms with E-state index in [0.717, 1.165) is 21.8 Å². The number of anilines is 1. The van der Waals surface area contributed by atoms with E-state index in [1.165, 1.54) is 5.56 Å². The van der Waals surface area contributed by atoms with Crippen molar-refractivity contribution in [1.29, 1.82) is 0 Å². The lowest BCUT2D eigenvalue weighted by Gasteiger charge is -2.19. The molecule has 4 heteroatoms. The second-order valence-electron chi connectivity index (χ2n) is 6.30. The lowest BCUT2D eigenvalue weighted by molar-refractivity contribution is 0.590. The van der Waals surface area contributed by atoms with Gasteiger partial charge >= 0.3 is 0 Å². The zero-order valence-electron chi connectivity index (χ0n) is 13.0. The molecule has 2 heterocycles. The van der Waals surface area contributed by atoms with Gasteiger partial charge in [0.15, 0.2) is 0 Å². The van der Waals surface area contributed by atoms with Crippen molar-refractivity contribution in [2.75, 3.05) is 5.73 Å². The van der Waals surface area contributed by atoms with Gasteiger partial charge in [0, 0.05) is 5.56 Å². The number of aromatic nitrogens is 2.